The summed E-state index contributed by atoms with van der Waals surface area (Å²) in [5.41, 5.74) is 5.70. The topological polar surface area (TPSA) is 362 Å². The minimum absolute atomic E-state index is 0.137. The molecule has 59 heavy (non-hydrogen) atoms. The Balaban J connectivity index is 3.16. The predicted octanol–water partition coefficient (Wildman–Crippen LogP) is -3.46. The van der Waals surface area contributed by atoms with Crippen LogP contribution in [0.3, 0.4) is 0 Å². The SMILES string of the molecule is CC[C@H](C)[C@H](NC(=O)[C@H](CC(=O)O)NC(=O)[C@@H](NC(=O)[C@H](C)NC(=O)[C@H](Cc1cnc[nH]1)NC(=O)[C@H](C)NC(=O)[C@H](CS)NC(=O)O)C(C)C)C(=O)N[C@@H](CS)C(N)=O. The number of nitrogens with zero attached hydrogens (tertiary/aromatic N) is 1. The fourth-order valence-corrected chi connectivity index (χ4v) is 5.64. The van der Waals surface area contributed by atoms with Crippen LogP contribution in [0.1, 0.15) is 60.1 Å². The fourth-order valence-electron chi connectivity index (χ4n) is 5.11. The van der Waals surface area contributed by atoms with E-state index in [0.717, 1.165) is 0 Å². The third-order valence-electron chi connectivity index (χ3n) is 8.81. The Morgan fingerprint density at radius 1 is 0.644 bits per heavy atom. The molecule has 9 amide bonds. The van der Waals surface area contributed by atoms with Crippen molar-refractivity contribution in [3.63, 3.8) is 0 Å². The Morgan fingerprint density at radius 3 is 1.58 bits per heavy atom. The van der Waals surface area contributed by atoms with E-state index in [9.17, 15) is 53.1 Å². The van der Waals surface area contributed by atoms with Gasteiger partial charge in [0.1, 0.15) is 48.3 Å². The number of nitrogens with two attached hydrogens (primary N) is 1. The van der Waals surface area contributed by atoms with Crippen LogP contribution >= 0.6 is 25.3 Å². The zero-order chi connectivity index (χ0) is 45.1. The monoisotopic (exact) mass is 873 g/mol. The molecule has 0 aliphatic heterocycles. The normalized spacial score (nSPS) is 15.5. The zero-order valence-electron chi connectivity index (χ0n) is 33.4. The number of carboxylic acid groups (broad SMARTS) is 2. The van der Waals surface area contributed by atoms with E-state index in [1.807, 2.05) is 5.32 Å². The van der Waals surface area contributed by atoms with Crippen LogP contribution in [0.15, 0.2) is 12.5 Å². The first kappa shape index (κ1) is 51.4. The fraction of sp³-hybridized carbons (Fsp3) is 0.618. The molecular weight excluding hydrogens is 819 g/mol. The molecule has 0 aromatic carbocycles. The molecule has 1 aromatic rings. The van der Waals surface area contributed by atoms with Gasteiger partial charge in [0.2, 0.25) is 47.3 Å². The Morgan fingerprint density at radius 2 is 1.12 bits per heavy atom. The van der Waals surface area contributed by atoms with Gasteiger partial charge in [0.25, 0.3) is 0 Å². The van der Waals surface area contributed by atoms with Gasteiger partial charge in [-0.2, -0.15) is 25.3 Å². The van der Waals surface area contributed by atoms with Crippen LogP contribution in [0.25, 0.3) is 0 Å². The highest BCUT2D eigenvalue weighted by Crippen LogP contribution is 2.11. The molecule has 0 radical (unpaired) electrons. The third kappa shape index (κ3) is 17.4. The highest BCUT2D eigenvalue weighted by molar-refractivity contribution is 7.80. The zero-order valence-corrected chi connectivity index (χ0v) is 35.1. The molecule has 0 saturated carbocycles. The molecule has 13 N–H and O–H groups in total. The lowest BCUT2D eigenvalue weighted by atomic mass is 9.97. The van der Waals surface area contributed by atoms with Crippen LogP contribution in [0.5, 0.6) is 0 Å². The van der Waals surface area contributed by atoms with Gasteiger partial charge in [-0.1, -0.05) is 34.1 Å². The molecule has 1 heterocycles. The van der Waals surface area contributed by atoms with E-state index < -0.39 is 126 Å². The number of amides is 9. The predicted molar refractivity (Wildman–Crippen MR) is 216 cm³/mol. The maximum absolute atomic E-state index is 13.5. The molecular formula is C34H55N11O12S2. The van der Waals surface area contributed by atoms with E-state index in [2.05, 4.69) is 72.4 Å². The summed E-state index contributed by atoms with van der Waals surface area (Å²) in [6.07, 6.45) is 0.514. The number of nitrogens with one attached hydrogen (secondary N) is 9. The number of carbonyl (C=O) groups excluding carboxylic acids is 8. The maximum Gasteiger partial charge on any atom is 0.405 e. The lowest BCUT2D eigenvalue weighted by Gasteiger charge is -2.29. The van der Waals surface area contributed by atoms with Crippen molar-refractivity contribution in [2.24, 2.45) is 17.6 Å². The average Bonchev–Trinajstić information content (AvgIpc) is 3.68. The first-order valence-corrected chi connectivity index (χ1v) is 19.6. The summed E-state index contributed by atoms with van der Waals surface area (Å²) in [5, 5.41) is 37.3. The first-order chi connectivity index (χ1) is 27.6. The van der Waals surface area contributed by atoms with Crippen molar-refractivity contribution in [1.29, 1.82) is 0 Å². The molecule has 0 bridgehead atoms. The van der Waals surface area contributed by atoms with Gasteiger partial charge in [-0.3, -0.25) is 43.2 Å². The van der Waals surface area contributed by atoms with Gasteiger partial charge in [0.05, 0.1) is 12.7 Å². The van der Waals surface area contributed by atoms with Crippen molar-refractivity contribution in [1.82, 2.24) is 52.5 Å². The molecule has 0 aliphatic rings. The van der Waals surface area contributed by atoms with Gasteiger partial charge in [0.15, 0.2) is 0 Å². The van der Waals surface area contributed by atoms with Crippen molar-refractivity contribution < 1.29 is 58.2 Å². The second-order valence-electron chi connectivity index (χ2n) is 13.9. The molecule has 9 atom stereocenters. The Kier molecular flexibility index (Phi) is 21.8. The lowest BCUT2D eigenvalue weighted by molar-refractivity contribution is -0.142. The van der Waals surface area contributed by atoms with Crippen molar-refractivity contribution in [3.05, 3.63) is 18.2 Å². The number of H-pyrrole nitrogens is 1. The minimum atomic E-state index is -1.73. The molecule has 0 fully saturated rings. The van der Waals surface area contributed by atoms with Gasteiger partial charge >= 0.3 is 12.1 Å². The van der Waals surface area contributed by atoms with Crippen LogP contribution in [0, 0.1) is 11.8 Å². The number of imidazole rings is 1. The van der Waals surface area contributed by atoms with Crippen molar-refractivity contribution in [3.8, 4) is 0 Å². The number of rotatable bonds is 25. The molecule has 0 spiro atoms. The van der Waals surface area contributed by atoms with Crippen molar-refractivity contribution >= 4 is 84.6 Å². The van der Waals surface area contributed by atoms with Crippen LogP contribution in [-0.4, -0.2) is 139 Å². The van der Waals surface area contributed by atoms with E-state index >= 15 is 0 Å². The summed E-state index contributed by atoms with van der Waals surface area (Å²) in [4.78, 5) is 134. The highest BCUT2D eigenvalue weighted by atomic mass is 32.1. The number of primary amides is 1. The number of hydrogen-bond donors (Lipinski definition) is 14. The smallest absolute Gasteiger partial charge is 0.405 e. The molecule has 23 nitrogen and oxygen atoms in total. The molecule has 330 valence electrons. The number of carbonyl (C=O) groups is 10. The molecule has 25 heteroatoms. The van der Waals surface area contributed by atoms with Gasteiger partial charge in [-0.15, -0.1) is 0 Å². The van der Waals surface area contributed by atoms with Gasteiger partial charge in [-0.25, -0.2) is 9.78 Å². The summed E-state index contributed by atoms with van der Waals surface area (Å²) in [5.74, 6) is -10.2. The second-order valence-corrected chi connectivity index (χ2v) is 14.6. The molecule has 0 aliphatic carbocycles. The number of aliphatic carboxylic acids is 1. The van der Waals surface area contributed by atoms with E-state index in [1.54, 1.807) is 27.7 Å². The van der Waals surface area contributed by atoms with Crippen LogP contribution in [-0.2, 0) is 49.6 Å². The quantitative estimate of drug-likeness (QED) is 0.0426. The number of thiol groups is 2. The Bertz CT molecular complexity index is 1670. The van der Waals surface area contributed by atoms with Crippen molar-refractivity contribution in [2.75, 3.05) is 11.5 Å². The van der Waals surface area contributed by atoms with Gasteiger partial charge < -0.3 is 63.5 Å². The Hall–Kier alpha value is -5.59. The van der Waals surface area contributed by atoms with Crippen LogP contribution < -0.4 is 48.3 Å². The summed E-state index contributed by atoms with van der Waals surface area (Å²) >= 11 is 7.93. The van der Waals surface area contributed by atoms with Crippen molar-refractivity contribution in [2.45, 2.75) is 109 Å². The summed E-state index contributed by atoms with van der Waals surface area (Å²) in [7, 11) is 0. The summed E-state index contributed by atoms with van der Waals surface area (Å²) < 4.78 is 0. The highest BCUT2D eigenvalue weighted by Gasteiger charge is 2.36. The standard InChI is InChI=1S/C34H55N11O12S2/c1-7-15(4)25(33(55)42-21(11-58)26(35)48)45-30(52)20(9-23(46)47)41-32(54)24(14(2)3)44-28(50)17(6)38-29(51)19(8-18-10-36-13-37-18)40-27(49)16(5)39-31(53)22(12-59)43-34(56)57/h10,13-17,19-22,24-25,43,58-59H,7-9,11-12H2,1-6H3,(H2,35,48)(H,36,37)(H,38,51)(H,39,53)(H,40,49)(H,41,54)(H,42,55)(H,44,50)(H,45,52)(H,46,47)(H,56,57)/t15-,16-,17-,19-,20-,21-,22-,24-,25-/m0/s1. The lowest BCUT2D eigenvalue weighted by Crippen LogP contribution is -2.61. The summed E-state index contributed by atoms with van der Waals surface area (Å²) in [6, 6.07) is -10.8. The number of carboxylic acids is 1. The van der Waals surface area contributed by atoms with E-state index in [4.69, 9.17) is 10.8 Å². The number of aromatic amines is 1. The van der Waals surface area contributed by atoms with Crippen LogP contribution in [0.2, 0.25) is 0 Å². The third-order valence-corrected chi connectivity index (χ3v) is 9.54. The van der Waals surface area contributed by atoms with Gasteiger partial charge in [0, 0.05) is 29.8 Å². The minimum Gasteiger partial charge on any atom is -0.481 e. The molecule has 1 rings (SSSR count). The number of aromatic nitrogens is 2. The van der Waals surface area contributed by atoms with E-state index in [0.29, 0.717) is 12.1 Å². The maximum atomic E-state index is 13.5. The first-order valence-electron chi connectivity index (χ1n) is 18.4. The van der Waals surface area contributed by atoms with E-state index in [-0.39, 0.29) is 17.9 Å². The molecule has 0 saturated heterocycles. The second kappa shape index (κ2) is 25.0. The molecule has 0 unspecified atom stereocenters. The molecule has 1 aromatic heterocycles. The van der Waals surface area contributed by atoms with E-state index in [1.165, 1.54) is 26.4 Å². The summed E-state index contributed by atoms with van der Waals surface area (Å²) in [6.45, 7) is 9.01. The average molecular weight is 874 g/mol. The van der Waals surface area contributed by atoms with Crippen LogP contribution in [0.4, 0.5) is 4.79 Å². The Labute approximate surface area is 350 Å². The number of hydrogen-bond acceptors (Lipinski definition) is 13. The largest absolute Gasteiger partial charge is 0.481 e. The van der Waals surface area contributed by atoms with Gasteiger partial charge in [-0.05, 0) is 25.7 Å².